The minimum absolute atomic E-state index is 0.209. The monoisotopic (exact) mass is 302 g/mol. The SMILES string of the molecule is Cc1ccc(F)cc1C(=O)N(C)c1ccccc1C(N)=S. The summed E-state index contributed by atoms with van der Waals surface area (Å²) in [6, 6.07) is 11.2. The zero-order valence-electron chi connectivity index (χ0n) is 11.8. The minimum atomic E-state index is -0.444. The number of rotatable bonds is 3. The van der Waals surface area contributed by atoms with Gasteiger partial charge in [-0.1, -0.05) is 30.4 Å². The van der Waals surface area contributed by atoms with Gasteiger partial charge in [-0.2, -0.15) is 0 Å². The van der Waals surface area contributed by atoms with Crippen LogP contribution in [-0.4, -0.2) is 17.9 Å². The third-order valence-electron chi connectivity index (χ3n) is 3.27. The normalized spacial score (nSPS) is 10.2. The van der Waals surface area contributed by atoms with Crippen LogP contribution >= 0.6 is 12.2 Å². The molecule has 3 nitrogen and oxygen atoms in total. The molecular formula is C16H15FN2OS. The van der Waals surface area contributed by atoms with Crippen LogP contribution in [-0.2, 0) is 0 Å². The molecule has 0 saturated heterocycles. The summed E-state index contributed by atoms with van der Waals surface area (Å²) in [5.41, 5.74) is 7.91. The number of nitrogens with zero attached hydrogens (tertiary/aromatic N) is 1. The fourth-order valence-corrected chi connectivity index (χ4v) is 2.26. The number of amides is 1. The lowest BCUT2D eigenvalue weighted by Gasteiger charge is -2.21. The van der Waals surface area contributed by atoms with Crippen molar-refractivity contribution in [2.75, 3.05) is 11.9 Å². The van der Waals surface area contributed by atoms with Gasteiger partial charge in [0.2, 0.25) is 0 Å². The van der Waals surface area contributed by atoms with E-state index in [1.807, 2.05) is 0 Å². The summed E-state index contributed by atoms with van der Waals surface area (Å²) in [5.74, 6) is -0.754. The molecule has 0 aliphatic rings. The van der Waals surface area contributed by atoms with Gasteiger partial charge in [-0.15, -0.1) is 0 Å². The van der Waals surface area contributed by atoms with Gasteiger partial charge in [0, 0.05) is 18.2 Å². The van der Waals surface area contributed by atoms with Gasteiger partial charge in [-0.3, -0.25) is 4.79 Å². The summed E-state index contributed by atoms with van der Waals surface area (Å²) in [5, 5.41) is 0. The molecule has 5 heteroatoms. The Bertz CT molecular complexity index is 715. The molecule has 108 valence electrons. The topological polar surface area (TPSA) is 46.3 Å². The highest BCUT2D eigenvalue weighted by molar-refractivity contribution is 7.80. The molecule has 2 N–H and O–H groups in total. The van der Waals surface area contributed by atoms with Crippen LogP contribution in [0.1, 0.15) is 21.5 Å². The van der Waals surface area contributed by atoms with E-state index in [0.717, 1.165) is 0 Å². The van der Waals surface area contributed by atoms with E-state index in [1.54, 1.807) is 44.3 Å². The van der Waals surface area contributed by atoms with Crippen molar-refractivity contribution in [3.05, 3.63) is 65.0 Å². The van der Waals surface area contributed by atoms with Crippen LogP contribution < -0.4 is 10.6 Å². The molecule has 0 saturated carbocycles. The number of carbonyl (C=O) groups excluding carboxylic acids is 1. The first-order chi connectivity index (χ1) is 9.91. The zero-order chi connectivity index (χ0) is 15.6. The standard InChI is InChI=1S/C16H15FN2OS/c1-10-7-8-11(17)9-13(10)16(20)19(2)14-6-4-3-5-12(14)15(18)21/h3-9H,1-2H3,(H2,18,21). The Morgan fingerprint density at radius 1 is 1.19 bits per heavy atom. The highest BCUT2D eigenvalue weighted by atomic mass is 32.1. The summed E-state index contributed by atoms with van der Waals surface area (Å²) in [6.45, 7) is 1.76. The van der Waals surface area contributed by atoms with Crippen LogP contribution in [0.5, 0.6) is 0 Å². The molecule has 0 aromatic heterocycles. The molecule has 0 aliphatic heterocycles. The van der Waals surface area contributed by atoms with Gasteiger partial charge in [-0.25, -0.2) is 4.39 Å². The second-order valence-corrected chi connectivity index (χ2v) is 5.14. The number of nitrogens with two attached hydrogens (primary N) is 1. The van der Waals surface area contributed by atoms with Crippen molar-refractivity contribution in [2.24, 2.45) is 5.73 Å². The predicted octanol–water partition coefficient (Wildman–Crippen LogP) is 3.04. The van der Waals surface area contributed by atoms with Crippen LogP contribution in [0.25, 0.3) is 0 Å². The first kappa shape index (κ1) is 15.1. The van der Waals surface area contributed by atoms with Gasteiger partial charge in [0.1, 0.15) is 10.8 Å². The number of thiocarbonyl (C=S) groups is 1. The molecule has 0 spiro atoms. The molecule has 0 heterocycles. The number of hydrogen-bond donors (Lipinski definition) is 1. The molecule has 0 atom stereocenters. The number of aryl methyl sites for hydroxylation is 1. The third kappa shape index (κ3) is 3.08. The number of halogens is 1. The van der Waals surface area contributed by atoms with Gasteiger partial charge < -0.3 is 10.6 Å². The second-order valence-electron chi connectivity index (χ2n) is 4.70. The molecule has 0 fully saturated rings. The first-order valence-corrected chi connectivity index (χ1v) is 6.75. The molecule has 0 bridgehead atoms. The highest BCUT2D eigenvalue weighted by Gasteiger charge is 2.19. The summed E-state index contributed by atoms with van der Waals surface area (Å²) >= 11 is 5.00. The minimum Gasteiger partial charge on any atom is -0.389 e. The maximum Gasteiger partial charge on any atom is 0.258 e. The van der Waals surface area contributed by atoms with Gasteiger partial charge in [-0.05, 0) is 36.8 Å². The number of carbonyl (C=O) groups is 1. The maximum absolute atomic E-state index is 13.4. The van der Waals surface area contributed by atoms with E-state index < -0.39 is 5.82 Å². The quantitative estimate of drug-likeness (QED) is 0.886. The van der Waals surface area contributed by atoms with Crippen LogP contribution in [0.15, 0.2) is 42.5 Å². The fraction of sp³-hybridized carbons (Fsp3) is 0.125. The van der Waals surface area contributed by atoms with E-state index in [0.29, 0.717) is 22.4 Å². The van der Waals surface area contributed by atoms with Gasteiger partial charge in [0.15, 0.2) is 0 Å². The maximum atomic E-state index is 13.4. The Labute approximate surface area is 128 Å². The summed E-state index contributed by atoms with van der Waals surface area (Å²) < 4.78 is 13.4. The molecule has 0 radical (unpaired) electrons. The Morgan fingerprint density at radius 2 is 1.86 bits per heavy atom. The van der Waals surface area contributed by atoms with Crippen molar-refractivity contribution in [1.29, 1.82) is 0 Å². The average molecular weight is 302 g/mol. The van der Waals surface area contributed by atoms with E-state index in [4.69, 9.17) is 18.0 Å². The largest absolute Gasteiger partial charge is 0.389 e. The molecule has 2 rings (SSSR count). The van der Waals surface area contributed by atoms with Crippen molar-refractivity contribution < 1.29 is 9.18 Å². The summed E-state index contributed by atoms with van der Waals surface area (Å²) in [7, 11) is 1.61. The summed E-state index contributed by atoms with van der Waals surface area (Å²) in [4.78, 5) is 14.2. The van der Waals surface area contributed by atoms with Gasteiger partial charge in [0.05, 0.1) is 5.69 Å². The Balaban J connectivity index is 2.45. The van der Waals surface area contributed by atoms with Crippen LogP contribution in [0, 0.1) is 12.7 Å². The van der Waals surface area contributed by atoms with E-state index in [2.05, 4.69) is 0 Å². The number of benzene rings is 2. The molecule has 2 aromatic carbocycles. The van der Waals surface area contributed by atoms with Crippen molar-refractivity contribution in [3.63, 3.8) is 0 Å². The number of para-hydroxylation sites is 1. The van der Waals surface area contributed by atoms with Crippen LogP contribution in [0.2, 0.25) is 0 Å². The van der Waals surface area contributed by atoms with Gasteiger partial charge >= 0.3 is 0 Å². The molecule has 21 heavy (non-hydrogen) atoms. The van der Waals surface area contributed by atoms with Crippen LogP contribution in [0.4, 0.5) is 10.1 Å². The highest BCUT2D eigenvalue weighted by Crippen LogP contribution is 2.22. The fourth-order valence-electron chi connectivity index (χ4n) is 2.09. The lowest BCUT2D eigenvalue weighted by atomic mass is 10.1. The molecule has 0 aliphatic carbocycles. The molecular weight excluding hydrogens is 287 g/mol. The van der Waals surface area contributed by atoms with Crippen LogP contribution in [0.3, 0.4) is 0 Å². The second kappa shape index (κ2) is 6.01. The number of hydrogen-bond acceptors (Lipinski definition) is 2. The smallest absolute Gasteiger partial charge is 0.258 e. The molecule has 0 unspecified atom stereocenters. The zero-order valence-corrected chi connectivity index (χ0v) is 12.6. The lowest BCUT2D eigenvalue weighted by Crippen LogP contribution is -2.29. The van der Waals surface area contributed by atoms with E-state index in [-0.39, 0.29) is 10.9 Å². The third-order valence-corrected chi connectivity index (χ3v) is 3.49. The first-order valence-electron chi connectivity index (χ1n) is 6.35. The molecule has 2 aromatic rings. The van der Waals surface area contributed by atoms with Crippen molar-refractivity contribution in [1.82, 2.24) is 0 Å². The number of anilines is 1. The molecule has 1 amide bonds. The van der Waals surface area contributed by atoms with E-state index in [1.165, 1.54) is 17.0 Å². The van der Waals surface area contributed by atoms with Crippen molar-refractivity contribution in [3.8, 4) is 0 Å². The average Bonchev–Trinajstić information content (AvgIpc) is 2.48. The lowest BCUT2D eigenvalue weighted by molar-refractivity contribution is 0.0992. The van der Waals surface area contributed by atoms with Crippen molar-refractivity contribution >= 4 is 28.8 Å². The van der Waals surface area contributed by atoms with Crippen molar-refractivity contribution in [2.45, 2.75) is 6.92 Å². The Hall–Kier alpha value is -2.27. The summed E-state index contributed by atoms with van der Waals surface area (Å²) in [6.07, 6.45) is 0. The Morgan fingerprint density at radius 3 is 2.52 bits per heavy atom. The Kier molecular flexibility index (Phi) is 4.33. The van der Waals surface area contributed by atoms with E-state index in [9.17, 15) is 9.18 Å². The predicted molar refractivity (Wildman–Crippen MR) is 86.2 cm³/mol. The van der Waals surface area contributed by atoms with E-state index >= 15 is 0 Å². The van der Waals surface area contributed by atoms with Gasteiger partial charge in [0.25, 0.3) is 5.91 Å².